The van der Waals surface area contributed by atoms with Crippen LogP contribution < -0.4 is 5.32 Å². The molecule has 4 aromatic rings. The first-order valence-corrected chi connectivity index (χ1v) is 8.46. The number of thiazole rings is 1. The van der Waals surface area contributed by atoms with E-state index in [4.69, 9.17) is 0 Å². The first-order valence-electron chi connectivity index (χ1n) is 7.58. The molecule has 0 unspecified atom stereocenters. The van der Waals surface area contributed by atoms with Crippen LogP contribution in [0.3, 0.4) is 0 Å². The van der Waals surface area contributed by atoms with Crippen molar-refractivity contribution in [2.45, 2.75) is 13.8 Å². The molecule has 0 saturated heterocycles. The average Bonchev–Trinajstić information content (AvgIpc) is 3.19. The minimum Gasteiger partial charge on any atom is -0.310 e. The van der Waals surface area contributed by atoms with Crippen LogP contribution in [0.5, 0.6) is 0 Å². The number of nitrogens with one attached hydrogen (secondary N) is 1. The second-order valence-corrected chi connectivity index (χ2v) is 6.36. The van der Waals surface area contributed by atoms with Gasteiger partial charge in [0, 0.05) is 14.5 Å². The summed E-state index contributed by atoms with van der Waals surface area (Å²) in [5.74, 6) is 0.435. The topological polar surface area (TPSA) is 59.3 Å². The fourth-order valence-corrected chi connectivity index (χ4v) is 3.41. The van der Waals surface area contributed by atoms with Gasteiger partial charge in [-0.2, -0.15) is 0 Å². The zero-order valence-corrected chi connectivity index (χ0v) is 14.9. The summed E-state index contributed by atoms with van der Waals surface area (Å²) >= 11 is 1.64. The summed E-state index contributed by atoms with van der Waals surface area (Å²) in [6.07, 6.45) is 3.85. The van der Waals surface area contributed by atoms with Gasteiger partial charge in [-0.1, -0.05) is 0 Å². The first kappa shape index (κ1) is 17.0. The molecule has 130 valence electrons. The van der Waals surface area contributed by atoms with E-state index in [2.05, 4.69) is 40.4 Å². The molecule has 3 heterocycles. The van der Waals surface area contributed by atoms with Crippen LogP contribution in [0.1, 0.15) is 13.9 Å². The SMILES string of the molecule is CC(=O)Nc1cn2cc(-c3cc4scnc4cc3C)ccc2n1.CF.[HH]. The second kappa shape index (κ2) is 6.98. The largest absolute Gasteiger partial charge is 0.310 e. The van der Waals surface area contributed by atoms with Gasteiger partial charge in [-0.25, -0.2) is 9.97 Å². The number of amides is 1. The molecule has 7 heteroatoms. The lowest BCUT2D eigenvalue weighted by Crippen LogP contribution is -2.05. The Hall–Kier alpha value is -2.80. The number of anilines is 1. The van der Waals surface area contributed by atoms with Crippen molar-refractivity contribution in [3.05, 3.63) is 47.7 Å². The summed E-state index contributed by atoms with van der Waals surface area (Å²) in [6.45, 7) is 3.57. The number of aromatic nitrogens is 3. The summed E-state index contributed by atoms with van der Waals surface area (Å²) in [5, 5.41) is 2.71. The molecule has 25 heavy (non-hydrogen) atoms. The molecule has 1 amide bonds. The molecule has 0 spiro atoms. The van der Waals surface area contributed by atoms with Crippen LogP contribution in [-0.4, -0.2) is 27.5 Å². The van der Waals surface area contributed by atoms with Gasteiger partial charge < -0.3 is 9.72 Å². The molecule has 0 saturated carbocycles. The Morgan fingerprint density at radius 2 is 2.08 bits per heavy atom. The Morgan fingerprint density at radius 1 is 1.28 bits per heavy atom. The highest BCUT2D eigenvalue weighted by Crippen LogP contribution is 2.30. The van der Waals surface area contributed by atoms with Gasteiger partial charge in [-0.05, 0) is 47.9 Å². The fraction of sp³-hybridized carbons (Fsp3) is 0.167. The van der Waals surface area contributed by atoms with Crippen LogP contribution in [0.25, 0.3) is 27.0 Å². The maximum Gasteiger partial charge on any atom is 0.222 e. The van der Waals surface area contributed by atoms with Gasteiger partial charge in [0.2, 0.25) is 5.91 Å². The van der Waals surface area contributed by atoms with E-state index in [1.54, 1.807) is 11.3 Å². The summed E-state index contributed by atoms with van der Waals surface area (Å²) in [4.78, 5) is 19.9. The molecule has 5 nitrogen and oxygen atoms in total. The molecular formula is C18H19FN4OS. The molecule has 0 fully saturated rings. The van der Waals surface area contributed by atoms with Crippen LogP contribution in [0.15, 0.2) is 42.2 Å². The predicted molar refractivity (Wildman–Crippen MR) is 102 cm³/mol. The summed E-state index contributed by atoms with van der Waals surface area (Å²) < 4.78 is 12.6. The molecular weight excluding hydrogens is 339 g/mol. The van der Waals surface area contributed by atoms with Crippen LogP contribution >= 0.6 is 11.3 Å². The van der Waals surface area contributed by atoms with Gasteiger partial charge in [0.25, 0.3) is 0 Å². The van der Waals surface area contributed by atoms with Gasteiger partial charge in [0.05, 0.1) is 29.1 Å². The van der Waals surface area contributed by atoms with Crippen molar-refractivity contribution in [3.8, 4) is 11.1 Å². The molecule has 0 aliphatic rings. The minimum atomic E-state index is -0.125. The third-order valence-electron chi connectivity index (χ3n) is 3.74. The van der Waals surface area contributed by atoms with Gasteiger partial charge in [-0.15, -0.1) is 11.3 Å². The Labute approximate surface area is 149 Å². The number of benzene rings is 1. The van der Waals surface area contributed by atoms with Crippen molar-refractivity contribution in [2.75, 3.05) is 12.5 Å². The zero-order valence-electron chi connectivity index (χ0n) is 14.1. The van der Waals surface area contributed by atoms with Gasteiger partial charge in [0.1, 0.15) is 5.65 Å². The number of aryl methyl sites for hydroxylation is 1. The van der Waals surface area contributed by atoms with Crippen molar-refractivity contribution in [1.29, 1.82) is 0 Å². The molecule has 1 N–H and O–H groups in total. The lowest BCUT2D eigenvalue weighted by Gasteiger charge is -2.07. The number of imidazole rings is 1. The number of halogens is 1. The normalized spacial score (nSPS) is 10.6. The Balaban J connectivity index is 0.000000784. The monoisotopic (exact) mass is 358 g/mol. The summed E-state index contributed by atoms with van der Waals surface area (Å²) in [5.41, 5.74) is 7.18. The van der Waals surface area contributed by atoms with E-state index in [1.807, 2.05) is 28.4 Å². The van der Waals surface area contributed by atoms with E-state index in [0.29, 0.717) is 13.0 Å². The second-order valence-electron chi connectivity index (χ2n) is 5.48. The summed E-state index contributed by atoms with van der Waals surface area (Å²) in [6, 6.07) is 8.29. The molecule has 0 aliphatic heterocycles. The molecule has 3 aromatic heterocycles. The first-order chi connectivity index (χ1) is 12.1. The molecule has 4 rings (SSSR count). The van der Waals surface area contributed by atoms with E-state index in [1.165, 1.54) is 22.8 Å². The third kappa shape index (κ3) is 3.36. The van der Waals surface area contributed by atoms with Crippen molar-refractivity contribution in [1.82, 2.24) is 14.4 Å². The highest BCUT2D eigenvalue weighted by Gasteiger charge is 2.09. The van der Waals surface area contributed by atoms with E-state index in [9.17, 15) is 9.18 Å². The Morgan fingerprint density at radius 3 is 2.84 bits per heavy atom. The average molecular weight is 358 g/mol. The van der Waals surface area contributed by atoms with Crippen LogP contribution in [0.2, 0.25) is 0 Å². The lowest BCUT2D eigenvalue weighted by molar-refractivity contribution is -0.114. The fourth-order valence-electron chi connectivity index (χ4n) is 2.71. The van der Waals surface area contributed by atoms with Gasteiger partial charge in [0.15, 0.2) is 5.82 Å². The molecule has 1 aromatic carbocycles. The molecule has 0 atom stereocenters. The van der Waals surface area contributed by atoms with E-state index < -0.39 is 0 Å². The molecule has 0 bridgehead atoms. The number of nitrogens with zero attached hydrogens (tertiary/aromatic N) is 3. The van der Waals surface area contributed by atoms with Crippen LogP contribution in [0, 0.1) is 6.92 Å². The number of carbonyl (C=O) groups is 1. The van der Waals surface area contributed by atoms with Crippen molar-refractivity contribution < 1.29 is 10.6 Å². The number of alkyl halides is 1. The maximum atomic E-state index is 11.2. The van der Waals surface area contributed by atoms with E-state index in [-0.39, 0.29) is 7.33 Å². The van der Waals surface area contributed by atoms with Crippen molar-refractivity contribution in [3.63, 3.8) is 0 Å². The zero-order chi connectivity index (χ0) is 18.0. The molecule has 0 aliphatic carbocycles. The number of rotatable bonds is 2. The highest BCUT2D eigenvalue weighted by molar-refractivity contribution is 7.16. The van der Waals surface area contributed by atoms with Crippen LogP contribution in [0.4, 0.5) is 10.2 Å². The summed E-state index contributed by atoms with van der Waals surface area (Å²) in [7, 11) is 0.500. The standard InChI is InChI=1S/C17H14N4OS.CH3F.H2/c1-10-5-14-15(23-9-18-14)6-13(10)12-3-4-17-20-16(19-11(2)22)8-21(17)7-12;1-2;/h3-9H,1-2H3,(H,19,22);1H3;1H. The quantitative estimate of drug-likeness (QED) is 0.564. The minimum absolute atomic E-state index is 0. The third-order valence-corrected chi connectivity index (χ3v) is 4.54. The number of pyridine rings is 1. The predicted octanol–water partition coefficient (Wildman–Crippen LogP) is 4.71. The number of hydrogen-bond donors (Lipinski definition) is 1. The van der Waals surface area contributed by atoms with Gasteiger partial charge >= 0.3 is 0 Å². The molecule has 0 radical (unpaired) electrons. The highest BCUT2D eigenvalue weighted by atomic mass is 32.1. The lowest BCUT2D eigenvalue weighted by atomic mass is 10.0. The van der Waals surface area contributed by atoms with Crippen molar-refractivity contribution in [2.24, 2.45) is 0 Å². The number of fused-ring (bicyclic) bond motifs is 2. The van der Waals surface area contributed by atoms with E-state index in [0.717, 1.165) is 16.7 Å². The number of hydrogen-bond acceptors (Lipinski definition) is 4. The Kier molecular flexibility index (Phi) is 4.76. The van der Waals surface area contributed by atoms with E-state index >= 15 is 0 Å². The van der Waals surface area contributed by atoms with Gasteiger partial charge in [-0.3, -0.25) is 9.18 Å². The Bertz CT molecular complexity index is 1060. The maximum absolute atomic E-state index is 11.2. The smallest absolute Gasteiger partial charge is 0.222 e. The van der Waals surface area contributed by atoms with Crippen molar-refractivity contribution >= 4 is 38.9 Å². The number of carbonyl (C=O) groups excluding carboxylic acids is 1. The van der Waals surface area contributed by atoms with Crippen LogP contribution in [-0.2, 0) is 4.79 Å².